The maximum atomic E-state index is 5.11. The second-order valence-electron chi connectivity index (χ2n) is 3.22. The number of nitrogens with zero attached hydrogens (tertiary/aromatic N) is 2. The molecule has 0 atom stereocenters. The van der Waals surface area contributed by atoms with Gasteiger partial charge in [-0.05, 0) is 7.05 Å². The maximum Gasteiger partial charge on any atom is 0.185 e. The molecule has 0 aliphatic carbocycles. The van der Waals surface area contributed by atoms with Crippen LogP contribution in [-0.4, -0.2) is 33.2 Å². The molecule has 1 aromatic rings. The average molecular weight is 215 g/mol. The van der Waals surface area contributed by atoms with Crippen LogP contribution in [0.1, 0.15) is 10.6 Å². The lowest BCUT2D eigenvalue weighted by molar-refractivity contribution is 0.181. The second-order valence-corrected chi connectivity index (χ2v) is 4.29. The summed E-state index contributed by atoms with van der Waals surface area (Å²) in [5.41, 5.74) is 1.04. The minimum Gasteiger partial charge on any atom is -0.378 e. The van der Waals surface area contributed by atoms with Crippen molar-refractivity contribution in [1.29, 1.82) is 0 Å². The van der Waals surface area contributed by atoms with Crippen molar-refractivity contribution >= 4 is 16.5 Å². The van der Waals surface area contributed by atoms with Crippen molar-refractivity contribution in [3.05, 3.63) is 10.6 Å². The van der Waals surface area contributed by atoms with Gasteiger partial charge in [-0.3, -0.25) is 0 Å². The zero-order valence-corrected chi connectivity index (χ0v) is 9.94. The molecule has 0 bridgehead atoms. The Labute approximate surface area is 88.9 Å². The summed E-state index contributed by atoms with van der Waals surface area (Å²) in [5, 5.41) is 4.16. The first kappa shape index (κ1) is 11.4. The summed E-state index contributed by atoms with van der Waals surface area (Å²) in [6.07, 6.45) is 0. The molecular weight excluding hydrogens is 198 g/mol. The van der Waals surface area contributed by atoms with Crippen LogP contribution in [0.5, 0.6) is 0 Å². The van der Waals surface area contributed by atoms with E-state index in [0.717, 1.165) is 17.4 Å². The van der Waals surface area contributed by atoms with Crippen LogP contribution in [0, 0.1) is 0 Å². The van der Waals surface area contributed by atoms with E-state index >= 15 is 0 Å². The minimum atomic E-state index is 0.585. The molecule has 4 nitrogen and oxygen atoms in total. The van der Waals surface area contributed by atoms with Crippen LogP contribution in [0.4, 0.5) is 5.13 Å². The normalized spacial score (nSPS) is 10.6. The lowest BCUT2D eigenvalue weighted by Gasteiger charge is -2.05. The van der Waals surface area contributed by atoms with Crippen molar-refractivity contribution in [3.63, 3.8) is 0 Å². The number of nitrogens with one attached hydrogen (secondary N) is 1. The summed E-state index contributed by atoms with van der Waals surface area (Å²) in [7, 11) is 7.63. The Balaban J connectivity index is 2.87. The third-order valence-electron chi connectivity index (χ3n) is 1.77. The molecular formula is C9H17N3OS. The van der Waals surface area contributed by atoms with E-state index in [1.165, 1.54) is 4.88 Å². The number of hydrogen-bond acceptors (Lipinski definition) is 5. The van der Waals surface area contributed by atoms with Gasteiger partial charge >= 0.3 is 0 Å². The van der Waals surface area contributed by atoms with E-state index in [4.69, 9.17) is 4.74 Å². The van der Waals surface area contributed by atoms with Gasteiger partial charge < -0.3 is 15.0 Å². The predicted molar refractivity (Wildman–Crippen MR) is 59.9 cm³/mol. The number of hydrogen-bond donors (Lipinski definition) is 1. The highest BCUT2D eigenvalue weighted by Gasteiger charge is 2.11. The van der Waals surface area contributed by atoms with Gasteiger partial charge in [0.05, 0.1) is 12.3 Å². The van der Waals surface area contributed by atoms with E-state index < -0.39 is 0 Å². The van der Waals surface area contributed by atoms with Crippen LogP contribution in [0.2, 0.25) is 0 Å². The summed E-state index contributed by atoms with van der Waals surface area (Å²) in [5.74, 6) is 0. The van der Waals surface area contributed by atoms with Gasteiger partial charge in [0.1, 0.15) is 0 Å². The number of thiazole rings is 1. The van der Waals surface area contributed by atoms with E-state index in [-0.39, 0.29) is 0 Å². The molecule has 0 amide bonds. The Hall–Kier alpha value is -0.650. The molecule has 0 unspecified atom stereocenters. The Morgan fingerprint density at radius 2 is 2.21 bits per heavy atom. The smallest absolute Gasteiger partial charge is 0.185 e. The summed E-state index contributed by atoms with van der Waals surface area (Å²) in [6.45, 7) is 1.44. The molecule has 0 saturated heterocycles. The summed E-state index contributed by atoms with van der Waals surface area (Å²) in [4.78, 5) is 7.76. The van der Waals surface area contributed by atoms with Crippen molar-refractivity contribution in [1.82, 2.24) is 10.3 Å². The van der Waals surface area contributed by atoms with Gasteiger partial charge in [-0.15, -0.1) is 11.3 Å². The number of anilines is 1. The van der Waals surface area contributed by atoms with Crippen molar-refractivity contribution in [2.75, 3.05) is 33.2 Å². The zero-order chi connectivity index (χ0) is 10.6. The average Bonchev–Trinajstić information content (AvgIpc) is 2.50. The molecule has 1 aromatic heterocycles. The van der Waals surface area contributed by atoms with E-state index in [0.29, 0.717) is 6.61 Å². The van der Waals surface area contributed by atoms with Crippen molar-refractivity contribution in [3.8, 4) is 0 Å². The fourth-order valence-electron chi connectivity index (χ4n) is 1.11. The van der Waals surface area contributed by atoms with Gasteiger partial charge in [-0.1, -0.05) is 0 Å². The molecule has 80 valence electrons. The minimum absolute atomic E-state index is 0.585. The van der Waals surface area contributed by atoms with Gasteiger partial charge in [0.25, 0.3) is 0 Å². The molecule has 0 radical (unpaired) electrons. The van der Waals surface area contributed by atoms with Crippen LogP contribution in [0.15, 0.2) is 0 Å². The summed E-state index contributed by atoms with van der Waals surface area (Å²) < 4.78 is 5.11. The maximum absolute atomic E-state index is 5.11. The Morgan fingerprint density at radius 1 is 1.50 bits per heavy atom. The van der Waals surface area contributed by atoms with Gasteiger partial charge in [-0.25, -0.2) is 4.98 Å². The van der Waals surface area contributed by atoms with E-state index in [9.17, 15) is 0 Å². The Kier molecular flexibility index (Phi) is 4.31. The number of ether oxygens (including phenoxy) is 1. The SMILES string of the molecule is CNCc1sc(N(C)C)nc1COC. The zero-order valence-electron chi connectivity index (χ0n) is 9.13. The number of methoxy groups -OCH3 is 1. The monoisotopic (exact) mass is 215 g/mol. The number of aromatic nitrogens is 1. The Morgan fingerprint density at radius 3 is 2.71 bits per heavy atom. The van der Waals surface area contributed by atoms with Crippen molar-refractivity contribution < 1.29 is 4.74 Å². The standard InChI is InChI=1S/C9H17N3OS/c1-10-5-8-7(6-13-4)11-9(14-8)12(2)3/h10H,5-6H2,1-4H3. The first-order chi connectivity index (χ1) is 6.69. The molecule has 0 saturated carbocycles. The fraction of sp³-hybridized carbons (Fsp3) is 0.667. The van der Waals surface area contributed by atoms with Crippen LogP contribution >= 0.6 is 11.3 Å². The van der Waals surface area contributed by atoms with Crippen LogP contribution in [0.25, 0.3) is 0 Å². The largest absolute Gasteiger partial charge is 0.378 e. The van der Waals surface area contributed by atoms with E-state index in [2.05, 4.69) is 10.3 Å². The fourth-order valence-corrected chi connectivity index (χ4v) is 2.11. The van der Waals surface area contributed by atoms with Crippen LogP contribution in [0.3, 0.4) is 0 Å². The quantitative estimate of drug-likeness (QED) is 0.797. The number of rotatable bonds is 5. The molecule has 1 N–H and O–H groups in total. The Bertz CT molecular complexity index is 262. The third kappa shape index (κ3) is 2.67. The molecule has 14 heavy (non-hydrogen) atoms. The van der Waals surface area contributed by atoms with E-state index in [1.807, 2.05) is 26.0 Å². The molecule has 1 heterocycles. The predicted octanol–water partition coefficient (Wildman–Crippen LogP) is 1.07. The first-order valence-corrected chi connectivity index (χ1v) is 5.30. The molecule has 1 rings (SSSR count). The highest BCUT2D eigenvalue weighted by molar-refractivity contribution is 7.15. The van der Waals surface area contributed by atoms with Crippen LogP contribution in [-0.2, 0) is 17.9 Å². The molecule has 0 aliphatic heterocycles. The van der Waals surface area contributed by atoms with Crippen molar-refractivity contribution in [2.24, 2.45) is 0 Å². The van der Waals surface area contributed by atoms with Gasteiger partial charge in [0.15, 0.2) is 5.13 Å². The summed E-state index contributed by atoms with van der Waals surface area (Å²) in [6, 6.07) is 0. The van der Waals surface area contributed by atoms with Crippen LogP contribution < -0.4 is 10.2 Å². The van der Waals surface area contributed by atoms with Gasteiger partial charge in [0, 0.05) is 32.6 Å². The highest BCUT2D eigenvalue weighted by Crippen LogP contribution is 2.25. The molecule has 0 aromatic carbocycles. The molecule has 0 fully saturated rings. The van der Waals surface area contributed by atoms with Gasteiger partial charge in [-0.2, -0.15) is 0 Å². The van der Waals surface area contributed by atoms with Gasteiger partial charge in [0.2, 0.25) is 0 Å². The molecule has 5 heteroatoms. The highest BCUT2D eigenvalue weighted by atomic mass is 32.1. The first-order valence-electron chi connectivity index (χ1n) is 4.48. The molecule has 0 spiro atoms. The molecule has 0 aliphatic rings. The van der Waals surface area contributed by atoms with Crippen molar-refractivity contribution in [2.45, 2.75) is 13.2 Å². The summed E-state index contributed by atoms with van der Waals surface area (Å²) >= 11 is 1.70. The lowest BCUT2D eigenvalue weighted by Crippen LogP contribution is -2.08. The topological polar surface area (TPSA) is 37.4 Å². The lowest BCUT2D eigenvalue weighted by atomic mass is 10.4. The third-order valence-corrected chi connectivity index (χ3v) is 3.03. The second kappa shape index (κ2) is 5.29. The van der Waals surface area contributed by atoms with E-state index in [1.54, 1.807) is 18.4 Å².